The van der Waals surface area contributed by atoms with Crippen molar-refractivity contribution >= 4 is 28.5 Å². The van der Waals surface area contributed by atoms with Gasteiger partial charge in [-0.1, -0.05) is 37.3 Å². The first-order valence-electron chi connectivity index (χ1n) is 11.6. The molecule has 35 heavy (non-hydrogen) atoms. The van der Waals surface area contributed by atoms with Gasteiger partial charge in [-0.3, -0.25) is 14.6 Å². The van der Waals surface area contributed by atoms with Gasteiger partial charge in [-0.05, 0) is 65.9 Å². The average Bonchev–Trinajstić information content (AvgIpc) is 2.85. The molecule has 2 aromatic heterocycles. The second-order valence-corrected chi connectivity index (χ2v) is 8.73. The lowest BCUT2D eigenvalue weighted by Gasteiger charge is -2.23. The SMILES string of the molecule is CCc1ccc(CN(Cc2ccc(CC(N)=O)cc2)C(=O)c2ccc3nc(N)c(C)cc3c2)nc1. The van der Waals surface area contributed by atoms with E-state index in [1.807, 2.05) is 67.7 Å². The van der Waals surface area contributed by atoms with Crippen molar-refractivity contribution in [1.29, 1.82) is 0 Å². The van der Waals surface area contributed by atoms with Crippen LogP contribution in [0.3, 0.4) is 0 Å². The molecule has 4 N–H and O–H groups in total. The molecule has 2 amide bonds. The van der Waals surface area contributed by atoms with Crippen molar-refractivity contribution in [2.75, 3.05) is 5.73 Å². The van der Waals surface area contributed by atoms with E-state index in [9.17, 15) is 9.59 Å². The molecule has 0 atom stereocenters. The highest BCUT2D eigenvalue weighted by Crippen LogP contribution is 2.21. The molecular weight excluding hydrogens is 438 g/mol. The Kier molecular flexibility index (Phi) is 7.06. The molecule has 0 saturated carbocycles. The van der Waals surface area contributed by atoms with Crippen LogP contribution in [0.25, 0.3) is 10.9 Å². The van der Waals surface area contributed by atoms with Crippen molar-refractivity contribution in [1.82, 2.24) is 14.9 Å². The van der Waals surface area contributed by atoms with Crippen molar-refractivity contribution in [2.24, 2.45) is 5.73 Å². The van der Waals surface area contributed by atoms with Crippen LogP contribution in [0.15, 0.2) is 66.9 Å². The van der Waals surface area contributed by atoms with Crippen molar-refractivity contribution in [3.8, 4) is 0 Å². The smallest absolute Gasteiger partial charge is 0.254 e. The highest BCUT2D eigenvalue weighted by molar-refractivity contribution is 5.98. The minimum Gasteiger partial charge on any atom is -0.383 e. The Bertz CT molecular complexity index is 1370. The number of hydrogen-bond acceptors (Lipinski definition) is 5. The zero-order valence-electron chi connectivity index (χ0n) is 20.0. The van der Waals surface area contributed by atoms with Crippen LogP contribution in [0, 0.1) is 6.92 Å². The number of amides is 2. The van der Waals surface area contributed by atoms with Crippen molar-refractivity contribution < 1.29 is 9.59 Å². The van der Waals surface area contributed by atoms with Gasteiger partial charge in [-0.2, -0.15) is 0 Å². The van der Waals surface area contributed by atoms with Crippen LogP contribution in [-0.4, -0.2) is 26.7 Å². The summed E-state index contributed by atoms with van der Waals surface area (Å²) in [4.78, 5) is 35.6. The molecule has 0 saturated heterocycles. The zero-order valence-corrected chi connectivity index (χ0v) is 20.0. The van der Waals surface area contributed by atoms with Gasteiger partial charge in [0.25, 0.3) is 5.91 Å². The van der Waals surface area contributed by atoms with E-state index in [1.54, 1.807) is 11.0 Å². The van der Waals surface area contributed by atoms with E-state index in [1.165, 1.54) is 0 Å². The Morgan fingerprint density at radius 2 is 1.63 bits per heavy atom. The molecule has 4 rings (SSSR count). The van der Waals surface area contributed by atoms with E-state index in [-0.39, 0.29) is 18.2 Å². The molecule has 2 heterocycles. The van der Waals surface area contributed by atoms with Gasteiger partial charge in [0.1, 0.15) is 5.82 Å². The number of carbonyl (C=O) groups is 2. The zero-order chi connectivity index (χ0) is 24.9. The Hall–Kier alpha value is -4.26. The molecule has 0 aliphatic heterocycles. The van der Waals surface area contributed by atoms with Crippen LogP contribution in [-0.2, 0) is 30.7 Å². The van der Waals surface area contributed by atoms with Gasteiger partial charge < -0.3 is 16.4 Å². The largest absolute Gasteiger partial charge is 0.383 e. The monoisotopic (exact) mass is 467 g/mol. The van der Waals surface area contributed by atoms with Crippen molar-refractivity contribution in [3.05, 3.63) is 100 Å². The second-order valence-electron chi connectivity index (χ2n) is 8.73. The molecule has 4 aromatic rings. The van der Waals surface area contributed by atoms with Crippen LogP contribution < -0.4 is 11.5 Å². The minimum atomic E-state index is -0.376. The lowest BCUT2D eigenvalue weighted by atomic mass is 10.1. The normalized spacial score (nSPS) is 10.9. The standard InChI is InChI=1S/C28H29N5O2/c1-3-19-8-10-24(31-15-19)17-33(16-21-6-4-20(5-7-21)13-26(29)34)28(35)22-9-11-25-23(14-22)12-18(2)27(30)32-25/h4-12,14-15H,3,13,16-17H2,1-2H3,(H2,29,34)(H2,30,32). The highest BCUT2D eigenvalue weighted by atomic mass is 16.2. The number of aryl methyl sites for hydroxylation is 2. The van der Waals surface area contributed by atoms with Gasteiger partial charge in [0.15, 0.2) is 0 Å². The first-order valence-corrected chi connectivity index (χ1v) is 11.6. The predicted octanol–water partition coefficient (Wildman–Crippen LogP) is 3.95. The quantitative estimate of drug-likeness (QED) is 0.407. The number of benzene rings is 2. The van der Waals surface area contributed by atoms with Crippen LogP contribution >= 0.6 is 0 Å². The summed E-state index contributed by atoms with van der Waals surface area (Å²) in [5.41, 5.74) is 17.2. The molecule has 178 valence electrons. The molecule has 0 aliphatic rings. The van der Waals surface area contributed by atoms with Crippen LogP contribution in [0.4, 0.5) is 5.82 Å². The van der Waals surface area contributed by atoms with Gasteiger partial charge in [-0.15, -0.1) is 0 Å². The maximum atomic E-state index is 13.7. The molecular formula is C28H29N5O2. The van der Waals surface area contributed by atoms with Gasteiger partial charge >= 0.3 is 0 Å². The molecule has 0 radical (unpaired) electrons. The summed E-state index contributed by atoms with van der Waals surface area (Å²) in [6.07, 6.45) is 2.94. The molecule has 7 heteroatoms. The average molecular weight is 468 g/mol. The molecule has 0 fully saturated rings. The van der Waals surface area contributed by atoms with Gasteiger partial charge in [0, 0.05) is 23.7 Å². The van der Waals surface area contributed by atoms with Crippen LogP contribution in [0.1, 0.15) is 45.2 Å². The number of anilines is 1. The fourth-order valence-electron chi connectivity index (χ4n) is 3.95. The molecule has 0 unspecified atom stereocenters. The molecule has 0 bridgehead atoms. The fraction of sp³-hybridized carbons (Fsp3) is 0.214. The minimum absolute atomic E-state index is 0.107. The predicted molar refractivity (Wildman–Crippen MR) is 137 cm³/mol. The topological polar surface area (TPSA) is 115 Å². The molecule has 2 aromatic carbocycles. The summed E-state index contributed by atoms with van der Waals surface area (Å²) in [5.74, 6) is 0.00230. The number of hydrogen-bond donors (Lipinski definition) is 2. The first-order chi connectivity index (χ1) is 16.8. The van der Waals surface area contributed by atoms with E-state index >= 15 is 0 Å². The number of primary amides is 1. The Balaban J connectivity index is 1.64. The summed E-state index contributed by atoms with van der Waals surface area (Å²) in [6.45, 7) is 4.74. The first kappa shape index (κ1) is 23.9. The lowest BCUT2D eigenvalue weighted by molar-refractivity contribution is -0.117. The van der Waals surface area contributed by atoms with Crippen LogP contribution in [0.5, 0.6) is 0 Å². The molecule has 0 spiro atoms. The van der Waals surface area contributed by atoms with E-state index < -0.39 is 0 Å². The summed E-state index contributed by atoms with van der Waals surface area (Å²) in [7, 11) is 0. The van der Waals surface area contributed by atoms with Gasteiger partial charge in [0.05, 0.1) is 24.2 Å². The third-order valence-electron chi connectivity index (χ3n) is 6.00. The van der Waals surface area contributed by atoms with Crippen molar-refractivity contribution in [2.45, 2.75) is 39.8 Å². The number of carbonyl (C=O) groups excluding carboxylic acids is 2. The van der Waals surface area contributed by atoms with E-state index in [0.717, 1.165) is 45.3 Å². The van der Waals surface area contributed by atoms with Gasteiger partial charge in [-0.25, -0.2) is 4.98 Å². The maximum absolute atomic E-state index is 13.7. The number of fused-ring (bicyclic) bond motifs is 1. The van der Waals surface area contributed by atoms with Crippen LogP contribution in [0.2, 0.25) is 0 Å². The van der Waals surface area contributed by atoms with E-state index in [0.29, 0.717) is 24.5 Å². The summed E-state index contributed by atoms with van der Waals surface area (Å²) in [5, 5.41) is 0.865. The number of nitrogen functional groups attached to an aromatic ring is 1. The number of aromatic nitrogens is 2. The number of nitrogens with zero attached hydrogens (tertiary/aromatic N) is 3. The summed E-state index contributed by atoms with van der Waals surface area (Å²) in [6, 6.07) is 19.0. The Morgan fingerprint density at radius 3 is 2.29 bits per heavy atom. The third kappa shape index (κ3) is 5.81. The van der Waals surface area contributed by atoms with Gasteiger partial charge in [0.2, 0.25) is 5.91 Å². The summed E-state index contributed by atoms with van der Waals surface area (Å²) >= 11 is 0. The Morgan fingerprint density at radius 1 is 0.914 bits per heavy atom. The van der Waals surface area contributed by atoms with E-state index in [4.69, 9.17) is 11.5 Å². The fourth-order valence-corrected chi connectivity index (χ4v) is 3.95. The second kappa shape index (κ2) is 10.3. The Labute approximate surface area is 204 Å². The molecule has 0 aliphatic carbocycles. The van der Waals surface area contributed by atoms with E-state index in [2.05, 4.69) is 16.9 Å². The summed E-state index contributed by atoms with van der Waals surface area (Å²) < 4.78 is 0. The number of pyridine rings is 2. The third-order valence-corrected chi connectivity index (χ3v) is 6.00. The molecule has 7 nitrogen and oxygen atoms in total. The number of rotatable bonds is 8. The van der Waals surface area contributed by atoms with Crippen molar-refractivity contribution in [3.63, 3.8) is 0 Å². The lowest BCUT2D eigenvalue weighted by Crippen LogP contribution is -2.30. The maximum Gasteiger partial charge on any atom is 0.254 e. The highest BCUT2D eigenvalue weighted by Gasteiger charge is 2.18. The number of nitrogens with two attached hydrogens (primary N) is 2.